The van der Waals surface area contributed by atoms with E-state index in [1.807, 2.05) is 0 Å². The number of carbonyl (C=O) groups is 1. The molecular formula is C22H16F3N5O3. The molecule has 4 rings (SSSR count). The number of benzene rings is 2. The molecule has 0 aliphatic carbocycles. The molecule has 2 heterocycles. The lowest BCUT2D eigenvalue weighted by Gasteiger charge is -2.11. The number of anilines is 2. The molecule has 0 unspecified atom stereocenters. The van der Waals surface area contributed by atoms with E-state index in [9.17, 15) is 18.0 Å². The van der Waals surface area contributed by atoms with Crippen LogP contribution < -0.4 is 20.1 Å². The van der Waals surface area contributed by atoms with Gasteiger partial charge < -0.3 is 20.1 Å². The minimum Gasteiger partial charge on any atom is -0.457 e. The molecule has 0 fully saturated rings. The molecule has 168 valence electrons. The molecule has 0 saturated heterocycles. The van der Waals surface area contributed by atoms with Crippen molar-refractivity contribution < 1.29 is 27.4 Å². The van der Waals surface area contributed by atoms with Crippen LogP contribution in [0.2, 0.25) is 0 Å². The Balaban J connectivity index is 1.51. The van der Waals surface area contributed by atoms with Gasteiger partial charge in [0.05, 0.1) is 5.52 Å². The Bertz CT molecular complexity index is 1310. The first-order valence-corrected chi connectivity index (χ1v) is 9.55. The fourth-order valence-corrected chi connectivity index (χ4v) is 2.90. The van der Waals surface area contributed by atoms with Gasteiger partial charge in [-0.15, -0.1) is 13.2 Å². The number of hydrogen-bond acceptors (Lipinski definition) is 7. The molecule has 0 aliphatic heterocycles. The SMILES string of the molecule is CNC(=O)c1cc(Oc2ccc3nc(Nc4cccc(OC(F)(F)F)c4)ncc3c2)ccn1. The van der Waals surface area contributed by atoms with Crippen LogP contribution in [0.3, 0.4) is 0 Å². The molecule has 33 heavy (non-hydrogen) atoms. The van der Waals surface area contributed by atoms with Crippen molar-refractivity contribution in [3.05, 3.63) is 72.7 Å². The highest BCUT2D eigenvalue weighted by Crippen LogP contribution is 2.28. The molecular weight excluding hydrogens is 439 g/mol. The van der Waals surface area contributed by atoms with Gasteiger partial charge in [-0.25, -0.2) is 9.97 Å². The fraction of sp³-hybridized carbons (Fsp3) is 0.0909. The van der Waals surface area contributed by atoms with Gasteiger partial charge in [0.2, 0.25) is 5.95 Å². The van der Waals surface area contributed by atoms with E-state index in [-0.39, 0.29) is 23.3 Å². The zero-order valence-electron chi connectivity index (χ0n) is 17.1. The number of carbonyl (C=O) groups excluding carboxylic acids is 1. The number of amides is 1. The lowest BCUT2D eigenvalue weighted by molar-refractivity contribution is -0.274. The maximum absolute atomic E-state index is 12.4. The Labute approximate surface area is 185 Å². The summed E-state index contributed by atoms with van der Waals surface area (Å²) in [5.41, 5.74) is 1.14. The molecule has 0 spiro atoms. The van der Waals surface area contributed by atoms with E-state index in [1.165, 1.54) is 37.5 Å². The van der Waals surface area contributed by atoms with Crippen LogP contribution in [0.15, 0.2) is 67.0 Å². The second kappa shape index (κ2) is 8.99. The van der Waals surface area contributed by atoms with Crippen molar-refractivity contribution in [1.82, 2.24) is 20.3 Å². The summed E-state index contributed by atoms with van der Waals surface area (Å²) in [6, 6.07) is 13.6. The van der Waals surface area contributed by atoms with E-state index in [4.69, 9.17) is 4.74 Å². The van der Waals surface area contributed by atoms with E-state index < -0.39 is 6.36 Å². The van der Waals surface area contributed by atoms with Crippen molar-refractivity contribution in [2.24, 2.45) is 0 Å². The second-order valence-electron chi connectivity index (χ2n) is 6.67. The Morgan fingerprint density at radius 3 is 2.58 bits per heavy atom. The normalized spacial score (nSPS) is 11.2. The summed E-state index contributed by atoms with van der Waals surface area (Å²) in [6.07, 6.45) is -1.76. The number of halogens is 3. The minimum absolute atomic E-state index is 0.199. The molecule has 0 bridgehead atoms. The van der Waals surface area contributed by atoms with Gasteiger partial charge in [-0.2, -0.15) is 0 Å². The average Bonchev–Trinajstić information content (AvgIpc) is 2.78. The van der Waals surface area contributed by atoms with E-state index in [2.05, 4.69) is 30.3 Å². The Morgan fingerprint density at radius 1 is 0.970 bits per heavy atom. The Morgan fingerprint density at radius 2 is 1.79 bits per heavy atom. The van der Waals surface area contributed by atoms with Gasteiger partial charge in [0, 0.05) is 42.6 Å². The molecule has 2 N–H and O–H groups in total. The molecule has 0 atom stereocenters. The summed E-state index contributed by atoms with van der Waals surface area (Å²) < 4.78 is 47.0. The van der Waals surface area contributed by atoms with Crippen LogP contribution in [-0.4, -0.2) is 34.3 Å². The maximum atomic E-state index is 12.4. The van der Waals surface area contributed by atoms with Crippen LogP contribution in [0.5, 0.6) is 17.2 Å². The summed E-state index contributed by atoms with van der Waals surface area (Å²) in [7, 11) is 1.51. The minimum atomic E-state index is -4.78. The van der Waals surface area contributed by atoms with Crippen LogP contribution in [0.25, 0.3) is 10.9 Å². The smallest absolute Gasteiger partial charge is 0.457 e. The van der Waals surface area contributed by atoms with Crippen molar-refractivity contribution in [3.8, 4) is 17.2 Å². The van der Waals surface area contributed by atoms with Gasteiger partial charge in [-0.3, -0.25) is 9.78 Å². The predicted octanol–water partition coefficient (Wildman–Crippen LogP) is 4.82. The summed E-state index contributed by atoms with van der Waals surface area (Å²) in [5.74, 6) is 0.444. The highest BCUT2D eigenvalue weighted by Gasteiger charge is 2.31. The fourth-order valence-electron chi connectivity index (χ4n) is 2.90. The molecule has 8 nitrogen and oxygen atoms in total. The van der Waals surface area contributed by atoms with E-state index in [0.29, 0.717) is 28.1 Å². The second-order valence-corrected chi connectivity index (χ2v) is 6.67. The molecule has 2 aromatic heterocycles. The Hall–Kier alpha value is -4.41. The summed E-state index contributed by atoms with van der Waals surface area (Å²) in [6.45, 7) is 0. The van der Waals surface area contributed by atoms with E-state index >= 15 is 0 Å². The number of pyridine rings is 1. The number of fused-ring (bicyclic) bond motifs is 1. The lowest BCUT2D eigenvalue weighted by Crippen LogP contribution is -2.18. The number of rotatable bonds is 6. The topological polar surface area (TPSA) is 98.3 Å². The highest BCUT2D eigenvalue weighted by molar-refractivity contribution is 5.92. The lowest BCUT2D eigenvalue weighted by atomic mass is 10.2. The van der Waals surface area contributed by atoms with Gasteiger partial charge in [0.15, 0.2) is 0 Å². The molecule has 0 radical (unpaired) electrons. The van der Waals surface area contributed by atoms with Crippen molar-refractivity contribution >= 4 is 28.4 Å². The quantitative estimate of drug-likeness (QED) is 0.430. The van der Waals surface area contributed by atoms with Gasteiger partial charge in [0.25, 0.3) is 5.91 Å². The van der Waals surface area contributed by atoms with Crippen molar-refractivity contribution in [3.63, 3.8) is 0 Å². The van der Waals surface area contributed by atoms with E-state index in [1.54, 1.807) is 36.5 Å². The summed E-state index contributed by atoms with van der Waals surface area (Å²) >= 11 is 0. The largest absolute Gasteiger partial charge is 0.573 e. The zero-order valence-corrected chi connectivity index (χ0v) is 17.1. The number of aromatic nitrogens is 3. The third kappa shape index (κ3) is 5.64. The number of ether oxygens (including phenoxy) is 2. The predicted molar refractivity (Wildman–Crippen MR) is 114 cm³/mol. The molecule has 4 aromatic rings. The zero-order chi connectivity index (χ0) is 23.4. The third-order valence-corrected chi connectivity index (χ3v) is 4.30. The number of alkyl halides is 3. The van der Waals surface area contributed by atoms with Crippen LogP contribution >= 0.6 is 0 Å². The highest BCUT2D eigenvalue weighted by atomic mass is 19.4. The molecule has 2 aromatic carbocycles. The van der Waals surface area contributed by atoms with Crippen molar-refractivity contribution in [2.45, 2.75) is 6.36 Å². The average molecular weight is 455 g/mol. The van der Waals surface area contributed by atoms with Crippen LogP contribution in [0, 0.1) is 0 Å². The molecule has 0 aliphatic rings. The van der Waals surface area contributed by atoms with Crippen molar-refractivity contribution in [2.75, 3.05) is 12.4 Å². The van der Waals surface area contributed by atoms with Crippen molar-refractivity contribution in [1.29, 1.82) is 0 Å². The van der Waals surface area contributed by atoms with Gasteiger partial charge in [-0.1, -0.05) is 6.07 Å². The first-order chi connectivity index (χ1) is 15.8. The van der Waals surface area contributed by atoms with Gasteiger partial charge in [0.1, 0.15) is 22.9 Å². The molecule has 1 amide bonds. The standard InChI is InChI=1S/C22H16F3N5O3/c1-26-20(31)19-11-16(7-8-27-19)32-15-5-6-18-13(9-15)12-28-21(30-18)29-14-3-2-4-17(10-14)33-22(23,24)25/h2-12H,1H3,(H,26,31)(H,28,29,30). The van der Waals surface area contributed by atoms with Crippen LogP contribution in [0.4, 0.5) is 24.8 Å². The van der Waals surface area contributed by atoms with Crippen LogP contribution in [-0.2, 0) is 0 Å². The number of hydrogen-bond donors (Lipinski definition) is 2. The Kier molecular flexibility index (Phi) is 5.94. The number of nitrogens with zero attached hydrogens (tertiary/aromatic N) is 3. The molecule has 0 saturated carbocycles. The third-order valence-electron chi connectivity index (χ3n) is 4.30. The first kappa shape index (κ1) is 21.8. The van der Waals surface area contributed by atoms with Gasteiger partial charge in [-0.05, 0) is 36.4 Å². The van der Waals surface area contributed by atoms with Crippen LogP contribution in [0.1, 0.15) is 10.5 Å². The van der Waals surface area contributed by atoms with Gasteiger partial charge >= 0.3 is 6.36 Å². The first-order valence-electron chi connectivity index (χ1n) is 9.55. The number of nitrogens with one attached hydrogen (secondary N) is 2. The van der Waals surface area contributed by atoms with E-state index in [0.717, 1.165) is 0 Å². The summed E-state index contributed by atoms with van der Waals surface area (Å²) in [5, 5.41) is 6.02. The molecule has 11 heteroatoms. The monoisotopic (exact) mass is 455 g/mol. The maximum Gasteiger partial charge on any atom is 0.573 e. The summed E-state index contributed by atoms with van der Waals surface area (Å²) in [4.78, 5) is 24.3.